The van der Waals surface area contributed by atoms with Gasteiger partial charge in [0.05, 0.1) is 18.9 Å². The fourth-order valence-corrected chi connectivity index (χ4v) is 2.88. The van der Waals surface area contributed by atoms with Crippen LogP contribution in [0.15, 0.2) is 24.3 Å². The van der Waals surface area contributed by atoms with Gasteiger partial charge in [0.1, 0.15) is 5.75 Å². The highest BCUT2D eigenvalue weighted by molar-refractivity contribution is 7.88. The highest BCUT2D eigenvalue weighted by Gasteiger charge is 2.16. The molecule has 0 bridgehead atoms. The van der Waals surface area contributed by atoms with E-state index in [0.29, 0.717) is 17.9 Å². The molecule has 1 aromatic carbocycles. The number of sulfonamides is 1. The zero-order valence-corrected chi connectivity index (χ0v) is 14.1. The number of nitrogens with zero attached hydrogens (tertiary/aromatic N) is 1. The van der Waals surface area contributed by atoms with Gasteiger partial charge >= 0.3 is 0 Å². The van der Waals surface area contributed by atoms with Crippen molar-refractivity contribution in [3.8, 4) is 5.75 Å². The van der Waals surface area contributed by atoms with Crippen molar-refractivity contribution in [3.63, 3.8) is 0 Å². The molecular weight excluding hydrogens is 304 g/mol. The summed E-state index contributed by atoms with van der Waals surface area (Å²) in [7, 11) is -1.75. The standard InChI is InChI=1S/C15H24N2O4S/c1-4-5-11-17(22(3,19)20)12-10-16-15(18)13-8-6-7-9-14(13)21-2/h6-9H,4-5,10-12H2,1-3H3,(H,16,18). The number of methoxy groups -OCH3 is 1. The van der Waals surface area contributed by atoms with Crippen molar-refractivity contribution < 1.29 is 17.9 Å². The molecule has 1 aromatic rings. The molecule has 124 valence electrons. The minimum atomic E-state index is -3.26. The molecule has 0 spiro atoms. The summed E-state index contributed by atoms with van der Waals surface area (Å²) in [5, 5.41) is 2.73. The predicted octanol–water partition coefficient (Wildman–Crippen LogP) is 1.49. The van der Waals surface area contributed by atoms with Gasteiger partial charge in [-0.1, -0.05) is 25.5 Å². The maximum absolute atomic E-state index is 12.1. The molecule has 0 aliphatic carbocycles. The summed E-state index contributed by atoms with van der Waals surface area (Å²) < 4.78 is 29.9. The lowest BCUT2D eigenvalue weighted by Gasteiger charge is -2.20. The number of benzene rings is 1. The van der Waals surface area contributed by atoms with Gasteiger partial charge in [0.2, 0.25) is 10.0 Å². The van der Waals surface area contributed by atoms with Crippen LogP contribution in [0.1, 0.15) is 30.1 Å². The van der Waals surface area contributed by atoms with Crippen LogP contribution in [0.2, 0.25) is 0 Å². The molecule has 0 atom stereocenters. The second-order valence-electron chi connectivity index (χ2n) is 4.97. The maximum Gasteiger partial charge on any atom is 0.255 e. The second kappa shape index (κ2) is 8.75. The number of para-hydroxylation sites is 1. The molecule has 0 aliphatic heterocycles. The fraction of sp³-hybridized carbons (Fsp3) is 0.533. The monoisotopic (exact) mass is 328 g/mol. The van der Waals surface area contributed by atoms with Crippen molar-refractivity contribution in [3.05, 3.63) is 29.8 Å². The molecule has 22 heavy (non-hydrogen) atoms. The number of ether oxygens (including phenoxy) is 1. The van der Waals surface area contributed by atoms with E-state index < -0.39 is 10.0 Å². The lowest BCUT2D eigenvalue weighted by atomic mass is 10.2. The second-order valence-corrected chi connectivity index (χ2v) is 6.95. The quantitative estimate of drug-likeness (QED) is 0.745. The van der Waals surface area contributed by atoms with Crippen LogP contribution in [-0.2, 0) is 10.0 Å². The highest BCUT2D eigenvalue weighted by atomic mass is 32.2. The van der Waals surface area contributed by atoms with Crippen molar-refractivity contribution >= 4 is 15.9 Å². The molecule has 7 heteroatoms. The van der Waals surface area contributed by atoms with Gasteiger partial charge in [0, 0.05) is 19.6 Å². The fourth-order valence-electron chi connectivity index (χ4n) is 2.00. The summed E-state index contributed by atoms with van der Waals surface area (Å²) in [6, 6.07) is 6.91. The Kier molecular flexibility index (Phi) is 7.34. The van der Waals surface area contributed by atoms with Crippen LogP contribution >= 0.6 is 0 Å². The molecule has 6 nitrogen and oxygen atoms in total. The maximum atomic E-state index is 12.1. The van der Waals surface area contributed by atoms with Gasteiger partial charge in [0.25, 0.3) is 5.91 Å². The molecule has 0 unspecified atom stereocenters. The van der Waals surface area contributed by atoms with E-state index in [4.69, 9.17) is 4.74 Å². The van der Waals surface area contributed by atoms with Crippen LogP contribution in [0, 0.1) is 0 Å². The van der Waals surface area contributed by atoms with Gasteiger partial charge in [0.15, 0.2) is 0 Å². The Balaban J connectivity index is 2.59. The van der Waals surface area contributed by atoms with E-state index in [-0.39, 0.29) is 19.0 Å². The average Bonchev–Trinajstić information content (AvgIpc) is 2.49. The van der Waals surface area contributed by atoms with Crippen LogP contribution < -0.4 is 10.1 Å². The van der Waals surface area contributed by atoms with Crippen LogP contribution in [0.25, 0.3) is 0 Å². The van der Waals surface area contributed by atoms with E-state index >= 15 is 0 Å². The number of hydrogen-bond acceptors (Lipinski definition) is 4. The average molecular weight is 328 g/mol. The third kappa shape index (κ3) is 5.65. The largest absolute Gasteiger partial charge is 0.496 e. The number of hydrogen-bond donors (Lipinski definition) is 1. The first-order chi connectivity index (χ1) is 10.4. The molecule has 0 heterocycles. The Hall–Kier alpha value is -1.60. The Labute approximate surface area is 132 Å². The molecule has 0 aliphatic rings. The van der Waals surface area contributed by atoms with Crippen LogP contribution in [0.3, 0.4) is 0 Å². The molecule has 1 amide bonds. The summed E-state index contributed by atoms with van der Waals surface area (Å²) in [6.45, 7) is 3.00. The predicted molar refractivity (Wildman–Crippen MR) is 86.7 cm³/mol. The number of amides is 1. The van der Waals surface area contributed by atoms with Crippen LogP contribution in [0.5, 0.6) is 5.75 Å². The first-order valence-electron chi connectivity index (χ1n) is 7.26. The number of carbonyl (C=O) groups excluding carboxylic acids is 1. The number of carbonyl (C=O) groups is 1. The van der Waals surface area contributed by atoms with Crippen molar-refractivity contribution in [2.45, 2.75) is 19.8 Å². The lowest BCUT2D eigenvalue weighted by molar-refractivity contribution is 0.0948. The summed E-state index contributed by atoms with van der Waals surface area (Å²) in [5.74, 6) is 0.215. The number of rotatable bonds is 9. The van der Waals surface area contributed by atoms with E-state index in [0.717, 1.165) is 12.8 Å². The topological polar surface area (TPSA) is 75.7 Å². The Morgan fingerprint density at radius 1 is 1.27 bits per heavy atom. The van der Waals surface area contributed by atoms with Gasteiger partial charge < -0.3 is 10.1 Å². The van der Waals surface area contributed by atoms with Gasteiger partial charge in [-0.2, -0.15) is 0 Å². The molecule has 0 saturated heterocycles. The molecule has 1 rings (SSSR count). The third-order valence-electron chi connectivity index (χ3n) is 3.23. The van der Waals surface area contributed by atoms with Crippen molar-refractivity contribution in [2.75, 3.05) is 33.0 Å². The van der Waals surface area contributed by atoms with Gasteiger partial charge in [-0.25, -0.2) is 12.7 Å². The molecule has 0 radical (unpaired) electrons. The van der Waals surface area contributed by atoms with Crippen molar-refractivity contribution in [2.24, 2.45) is 0 Å². The molecular formula is C15H24N2O4S. The minimum Gasteiger partial charge on any atom is -0.496 e. The molecule has 0 saturated carbocycles. The van der Waals surface area contributed by atoms with Gasteiger partial charge in [-0.3, -0.25) is 4.79 Å². The van der Waals surface area contributed by atoms with E-state index in [9.17, 15) is 13.2 Å². The summed E-state index contributed by atoms with van der Waals surface area (Å²) in [4.78, 5) is 12.1. The van der Waals surface area contributed by atoms with Crippen molar-refractivity contribution in [1.29, 1.82) is 0 Å². The normalized spacial score (nSPS) is 11.5. The lowest BCUT2D eigenvalue weighted by Crippen LogP contribution is -2.38. The highest BCUT2D eigenvalue weighted by Crippen LogP contribution is 2.16. The van der Waals surface area contributed by atoms with Crippen molar-refractivity contribution in [1.82, 2.24) is 9.62 Å². The smallest absolute Gasteiger partial charge is 0.255 e. The van der Waals surface area contributed by atoms with E-state index in [1.165, 1.54) is 17.7 Å². The first-order valence-corrected chi connectivity index (χ1v) is 9.11. The summed E-state index contributed by atoms with van der Waals surface area (Å²) >= 11 is 0. The minimum absolute atomic E-state index is 0.258. The number of nitrogens with one attached hydrogen (secondary N) is 1. The van der Waals surface area contributed by atoms with E-state index in [1.807, 2.05) is 6.92 Å². The van der Waals surface area contributed by atoms with E-state index in [2.05, 4.69) is 5.32 Å². The van der Waals surface area contributed by atoms with Crippen LogP contribution in [0.4, 0.5) is 0 Å². The summed E-state index contributed by atoms with van der Waals surface area (Å²) in [6.07, 6.45) is 2.90. The molecule has 0 fully saturated rings. The molecule has 0 aromatic heterocycles. The summed E-state index contributed by atoms with van der Waals surface area (Å²) in [5.41, 5.74) is 0.435. The van der Waals surface area contributed by atoms with Gasteiger partial charge in [-0.15, -0.1) is 0 Å². The Morgan fingerprint density at radius 3 is 2.55 bits per heavy atom. The number of unbranched alkanes of at least 4 members (excludes halogenated alkanes) is 1. The zero-order valence-electron chi connectivity index (χ0n) is 13.3. The SMILES string of the molecule is CCCCN(CCNC(=O)c1ccccc1OC)S(C)(=O)=O. The first kappa shape index (κ1) is 18.4. The van der Waals surface area contributed by atoms with E-state index in [1.54, 1.807) is 24.3 Å². The molecule has 1 N–H and O–H groups in total. The van der Waals surface area contributed by atoms with Gasteiger partial charge in [-0.05, 0) is 18.6 Å². The zero-order chi connectivity index (χ0) is 16.6. The third-order valence-corrected chi connectivity index (χ3v) is 4.53. The van der Waals surface area contributed by atoms with Crippen LogP contribution in [-0.4, -0.2) is 51.6 Å². The Bertz CT molecular complexity index is 587. The Morgan fingerprint density at radius 2 is 1.95 bits per heavy atom.